The van der Waals surface area contributed by atoms with E-state index in [-0.39, 0.29) is 5.41 Å². The maximum atomic E-state index is 6.18. The van der Waals surface area contributed by atoms with Crippen molar-refractivity contribution >= 4 is 0 Å². The van der Waals surface area contributed by atoms with Gasteiger partial charge in [-0.3, -0.25) is 0 Å². The van der Waals surface area contributed by atoms with Gasteiger partial charge in [0.1, 0.15) is 0 Å². The number of nitrogens with zero attached hydrogens (tertiary/aromatic N) is 1. The largest absolute Gasteiger partial charge is 0.327 e. The first-order valence-corrected chi connectivity index (χ1v) is 6.60. The lowest BCUT2D eigenvalue weighted by Gasteiger charge is -2.45. The number of likely N-dealkylation sites (tertiary alicyclic amines) is 1. The molecule has 2 fully saturated rings. The normalized spacial score (nSPS) is 40.1. The quantitative estimate of drug-likeness (QED) is 0.738. The summed E-state index contributed by atoms with van der Waals surface area (Å²) in [5.74, 6) is 0. The van der Waals surface area contributed by atoms with E-state index < -0.39 is 0 Å². The van der Waals surface area contributed by atoms with Gasteiger partial charge in [0.05, 0.1) is 0 Å². The molecule has 2 rings (SSSR count). The van der Waals surface area contributed by atoms with Crippen LogP contribution in [0.5, 0.6) is 0 Å². The second kappa shape index (κ2) is 4.28. The Morgan fingerprint density at radius 3 is 2.69 bits per heavy atom. The molecule has 2 saturated heterocycles. The highest BCUT2D eigenvalue weighted by molar-refractivity contribution is 4.93. The Balaban J connectivity index is 1.91. The number of hydrogen-bond donors (Lipinski definition) is 2. The Morgan fingerprint density at radius 2 is 2.12 bits per heavy atom. The van der Waals surface area contributed by atoms with Crippen LogP contribution in [0.15, 0.2) is 0 Å². The molecule has 0 aromatic heterocycles. The van der Waals surface area contributed by atoms with Gasteiger partial charge < -0.3 is 16.0 Å². The Hall–Kier alpha value is -0.120. The van der Waals surface area contributed by atoms with Crippen molar-refractivity contribution in [2.45, 2.75) is 39.7 Å². The molecule has 0 radical (unpaired) electrons. The zero-order valence-corrected chi connectivity index (χ0v) is 11.1. The summed E-state index contributed by atoms with van der Waals surface area (Å²) in [5, 5.41) is 3.48. The molecule has 0 aliphatic carbocycles. The molecule has 2 aliphatic heterocycles. The number of nitrogens with one attached hydrogen (secondary N) is 1. The van der Waals surface area contributed by atoms with Crippen LogP contribution in [0.2, 0.25) is 0 Å². The molecule has 0 amide bonds. The van der Waals surface area contributed by atoms with Gasteiger partial charge in [0.15, 0.2) is 0 Å². The molecular formula is C13H27N3. The molecule has 3 heteroatoms. The average molecular weight is 225 g/mol. The van der Waals surface area contributed by atoms with E-state index in [4.69, 9.17) is 5.73 Å². The molecule has 2 atom stereocenters. The first kappa shape index (κ1) is 12.3. The van der Waals surface area contributed by atoms with Crippen LogP contribution in [0.25, 0.3) is 0 Å². The standard InChI is InChI=1S/C13H27N3/c1-12(2)9-16(7-4-11(12)14)10-13(3)5-6-15-8-13/h11,15H,4-10,14H2,1-3H3. The maximum Gasteiger partial charge on any atom is 0.0115 e. The zero-order chi connectivity index (χ0) is 11.8. The van der Waals surface area contributed by atoms with Crippen LogP contribution in [0, 0.1) is 10.8 Å². The molecular weight excluding hydrogens is 198 g/mol. The number of nitrogens with two attached hydrogens (primary N) is 1. The molecule has 0 spiro atoms. The molecule has 94 valence electrons. The molecule has 0 aromatic carbocycles. The van der Waals surface area contributed by atoms with Crippen molar-refractivity contribution < 1.29 is 0 Å². The van der Waals surface area contributed by atoms with Crippen LogP contribution in [-0.4, -0.2) is 43.7 Å². The van der Waals surface area contributed by atoms with E-state index in [0.717, 1.165) is 13.0 Å². The summed E-state index contributed by atoms with van der Waals surface area (Å²) in [6, 6.07) is 0.373. The van der Waals surface area contributed by atoms with Crippen molar-refractivity contribution in [2.75, 3.05) is 32.7 Å². The summed E-state index contributed by atoms with van der Waals surface area (Å²) < 4.78 is 0. The smallest absolute Gasteiger partial charge is 0.0115 e. The van der Waals surface area contributed by atoms with E-state index in [1.165, 1.54) is 32.6 Å². The summed E-state index contributed by atoms with van der Waals surface area (Å²) >= 11 is 0. The third kappa shape index (κ3) is 2.58. The summed E-state index contributed by atoms with van der Waals surface area (Å²) in [4.78, 5) is 2.62. The molecule has 2 heterocycles. The summed E-state index contributed by atoms with van der Waals surface area (Å²) in [6.07, 6.45) is 2.46. The lowest BCUT2D eigenvalue weighted by atomic mass is 9.78. The van der Waals surface area contributed by atoms with Crippen LogP contribution in [-0.2, 0) is 0 Å². The van der Waals surface area contributed by atoms with Crippen LogP contribution in [0.1, 0.15) is 33.6 Å². The fourth-order valence-corrected chi connectivity index (χ4v) is 3.16. The average Bonchev–Trinajstić information content (AvgIpc) is 2.58. The number of piperidine rings is 1. The van der Waals surface area contributed by atoms with E-state index in [2.05, 4.69) is 31.0 Å². The molecule has 3 N–H and O–H groups in total. The topological polar surface area (TPSA) is 41.3 Å². The fraction of sp³-hybridized carbons (Fsp3) is 1.00. The van der Waals surface area contributed by atoms with Crippen molar-refractivity contribution in [1.29, 1.82) is 0 Å². The minimum atomic E-state index is 0.278. The highest BCUT2D eigenvalue weighted by atomic mass is 15.2. The SMILES string of the molecule is CC1(CN2CCC(N)C(C)(C)C2)CCNC1. The van der Waals surface area contributed by atoms with Gasteiger partial charge in [-0.05, 0) is 36.8 Å². The van der Waals surface area contributed by atoms with Crippen LogP contribution in [0.3, 0.4) is 0 Å². The second-order valence-corrected chi connectivity index (χ2v) is 6.83. The highest BCUT2D eigenvalue weighted by Gasteiger charge is 2.37. The number of hydrogen-bond acceptors (Lipinski definition) is 3. The second-order valence-electron chi connectivity index (χ2n) is 6.83. The lowest BCUT2D eigenvalue weighted by Crippen LogP contribution is -2.54. The Labute approximate surface area is 99.8 Å². The van der Waals surface area contributed by atoms with Gasteiger partial charge in [-0.2, -0.15) is 0 Å². The minimum Gasteiger partial charge on any atom is -0.327 e. The summed E-state index contributed by atoms with van der Waals surface area (Å²) in [5.41, 5.74) is 6.94. The van der Waals surface area contributed by atoms with Crippen LogP contribution < -0.4 is 11.1 Å². The zero-order valence-electron chi connectivity index (χ0n) is 11.1. The molecule has 0 aromatic rings. The Morgan fingerprint density at radius 1 is 1.38 bits per heavy atom. The Kier molecular flexibility index (Phi) is 3.30. The summed E-state index contributed by atoms with van der Waals surface area (Å²) in [6.45, 7) is 13.0. The van der Waals surface area contributed by atoms with E-state index in [0.29, 0.717) is 11.5 Å². The molecule has 16 heavy (non-hydrogen) atoms. The van der Waals surface area contributed by atoms with Gasteiger partial charge in [0, 0.05) is 25.7 Å². The van der Waals surface area contributed by atoms with E-state index in [9.17, 15) is 0 Å². The minimum absolute atomic E-state index is 0.278. The fourth-order valence-electron chi connectivity index (χ4n) is 3.16. The lowest BCUT2D eigenvalue weighted by molar-refractivity contribution is 0.0650. The predicted octanol–water partition coefficient (Wildman–Crippen LogP) is 1.05. The van der Waals surface area contributed by atoms with Gasteiger partial charge in [-0.15, -0.1) is 0 Å². The van der Waals surface area contributed by atoms with E-state index >= 15 is 0 Å². The van der Waals surface area contributed by atoms with Gasteiger partial charge in [0.25, 0.3) is 0 Å². The molecule has 3 nitrogen and oxygen atoms in total. The highest BCUT2D eigenvalue weighted by Crippen LogP contribution is 2.32. The van der Waals surface area contributed by atoms with Crippen molar-refractivity contribution in [3.63, 3.8) is 0 Å². The predicted molar refractivity (Wildman–Crippen MR) is 68.4 cm³/mol. The van der Waals surface area contributed by atoms with E-state index in [1.54, 1.807) is 0 Å². The van der Waals surface area contributed by atoms with Gasteiger partial charge in [-0.25, -0.2) is 0 Å². The van der Waals surface area contributed by atoms with E-state index in [1.807, 2.05) is 0 Å². The monoisotopic (exact) mass is 225 g/mol. The van der Waals surface area contributed by atoms with Crippen molar-refractivity contribution in [3.8, 4) is 0 Å². The Bertz CT molecular complexity index is 244. The molecule has 2 aliphatic rings. The van der Waals surface area contributed by atoms with Crippen molar-refractivity contribution in [2.24, 2.45) is 16.6 Å². The van der Waals surface area contributed by atoms with Crippen LogP contribution >= 0.6 is 0 Å². The summed E-state index contributed by atoms with van der Waals surface area (Å²) in [7, 11) is 0. The molecule has 0 saturated carbocycles. The first-order chi connectivity index (χ1) is 7.41. The third-order valence-electron chi connectivity index (χ3n) is 4.45. The van der Waals surface area contributed by atoms with Crippen molar-refractivity contribution in [1.82, 2.24) is 10.2 Å². The van der Waals surface area contributed by atoms with Gasteiger partial charge in [0.2, 0.25) is 0 Å². The van der Waals surface area contributed by atoms with Crippen LogP contribution in [0.4, 0.5) is 0 Å². The number of rotatable bonds is 2. The van der Waals surface area contributed by atoms with Gasteiger partial charge in [-0.1, -0.05) is 20.8 Å². The van der Waals surface area contributed by atoms with Gasteiger partial charge >= 0.3 is 0 Å². The molecule has 2 unspecified atom stereocenters. The third-order valence-corrected chi connectivity index (χ3v) is 4.45. The maximum absolute atomic E-state index is 6.18. The first-order valence-electron chi connectivity index (χ1n) is 6.60. The molecule has 0 bridgehead atoms. The van der Waals surface area contributed by atoms with Crippen molar-refractivity contribution in [3.05, 3.63) is 0 Å².